The van der Waals surface area contributed by atoms with Crippen LogP contribution in [0.1, 0.15) is 20.3 Å². The number of benzene rings is 1. The number of ether oxygens (including phenoxy) is 1. The molecule has 1 aliphatic rings. The molecule has 0 aliphatic carbocycles. The third-order valence-electron chi connectivity index (χ3n) is 4.63. The fourth-order valence-corrected chi connectivity index (χ4v) is 2.91. The Hall–Kier alpha value is -2.08. The lowest BCUT2D eigenvalue weighted by atomic mass is 10.2. The maximum absolute atomic E-state index is 12.3. The molecule has 1 aromatic rings. The average Bonchev–Trinajstić information content (AvgIpc) is 2.67. The number of hydrogen-bond acceptors (Lipinski definition) is 4. The number of rotatable bonds is 8. The van der Waals surface area contributed by atoms with Gasteiger partial charge in [0.25, 0.3) is 5.91 Å². The van der Waals surface area contributed by atoms with Gasteiger partial charge in [-0.3, -0.25) is 9.59 Å². The highest BCUT2D eigenvalue weighted by Crippen LogP contribution is 2.10. The number of nitrogens with zero attached hydrogens (tertiary/aromatic N) is 3. The van der Waals surface area contributed by atoms with E-state index in [0.717, 1.165) is 19.6 Å². The van der Waals surface area contributed by atoms with Crippen LogP contribution >= 0.6 is 0 Å². The number of amides is 2. The van der Waals surface area contributed by atoms with Crippen LogP contribution in [0.4, 0.5) is 0 Å². The van der Waals surface area contributed by atoms with Crippen molar-refractivity contribution in [2.24, 2.45) is 0 Å². The fraction of sp³-hybridized carbons (Fsp3) is 0.579. The Morgan fingerprint density at radius 3 is 2.08 bits per heavy atom. The summed E-state index contributed by atoms with van der Waals surface area (Å²) in [7, 11) is 0. The zero-order valence-electron chi connectivity index (χ0n) is 15.3. The minimum atomic E-state index is -0.0286. The Morgan fingerprint density at radius 1 is 0.960 bits per heavy atom. The van der Waals surface area contributed by atoms with Crippen molar-refractivity contribution in [2.75, 3.05) is 52.4 Å². The summed E-state index contributed by atoms with van der Waals surface area (Å²) >= 11 is 0. The highest BCUT2D eigenvalue weighted by molar-refractivity contribution is 5.79. The summed E-state index contributed by atoms with van der Waals surface area (Å²) in [5.41, 5.74) is 0. The van der Waals surface area contributed by atoms with Crippen LogP contribution in [0.15, 0.2) is 30.3 Å². The molecule has 1 aromatic carbocycles. The highest BCUT2D eigenvalue weighted by Gasteiger charge is 2.24. The number of carbonyl (C=O) groups is 2. The van der Waals surface area contributed by atoms with Gasteiger partial charge in [-0.25, -0.2) is 0 Å². The smallest absolute Gasteiger partial charge is 0.260 e. The fourth-order valence-electron chi connectivity index (χ4n) is 2.91. The minimum absolute atomic E-state index is 0.0286. The predicted molar refractivity (Wildman–Crippen MR) is 97.5 cm³/mol. The second-order valence-electron chi connectivity index (χ2n) is 6.14. The van der Waals surface area contributed by atoms with E-state index < -0.39 is 0 Å². The normalized spacial score (nSPS) is 14.7. The van der Waals surface area contributed by atoms with Crippen molar-refractivity contribution in [3.8, 4) is 5.75 Å². The van der Waals surface area contributed by atoms with Gasteiger partial charge >= 0.3 is 0 Å². The first-order valence-electron chi connectivity index (χ1n) is 9.09. The lowest BCUT2D eigenvalue weighted by Crippen LogP contribution is -2.52. The van der Waals surface area contributed by atoms with Crippen molar-refractivity contribution in [2.45, 2.75) is 20.3 Å². The van der Waals surface area contributed by atoms with Crippen molar-refractivity contribution in [1.29, 1.82) is 0 Å². The van der Waals surface area contributed by atoms with E-state index >= 15 is 0 Å². The van der Waals surface area contributed by atoms with Crippen LogP contribution in [0.3, 0.4) is 0 Å². The predicted octanol–water partition coefficient (Wildman–Crippen LogP) is 1.47. The van der Waals surface area contributed by atoms with E-state index in [4.69, 9.17) is 4.74 Å². The molecule has 1 aliphatic heterocycles. The molecule has 138 valence electrons. The van der Waals surface area contributed by atoms with Gasteiger partial charge in [0.2, 0.25) is 5.91 Å². The third kappa shape index (κ3) is 6.05. The molecule has 0 radical (unpaired) electrons. The quantitative estimate of drug-likeness (QED) is 0.715. The molecule has 1 heterocycles. The molecule has 6 heteroatoms. The summed E-state index contributed by atoms with van der Waals surface area (Å²) in [4.78, 5) is 30.4. The molecule has 0 atom stereocenters. The minimum Gasteiger partial charge on any atom is -0.484 e. The molecule has 0 bridgehead atoms. The molecule has 0 N–H and O–H groups in total. The van der Waals surface area contributed by atoms with Crippen molar-refractivity contribution >= 4 is 11.8 Å². The van der Waals surface area contributed by atoms with Gasteiger partial charge in [-0.15, -0.1) is 0 Å². The molecule has 0 unspecified atom stereocenters. The number of para-hydroxylation sites is 1. The van der Waals surface area contributed by atoms with Crippen molar-refractivity contribution in [1.82, 2.24) is 14.7 Å². The first kappa shape index (κ1) is 19.2. The van der Waals surface area contributed by atoms with Gasteiger partial charge in [-0.1, -0.05) is 32.0 Å². The van der Waals surface area contributed by atoms with Crippen LogP contribution in [-0.2, 0) is 9.59 Å². The van der Waals surface area contributed by atoms with E-state index in [-0.39, 0.29) is 18.4 Å². The number of piperazine rings is 1. The topological polar surface area (TPSA) is 53.1 Å². The average molecular weight is 347 g/mol. The Bertz CT molecular complexity index is 538. The Labute approximate surface area is 150 Å². The summed E-state index contributed by atoms with van der Waals surface area (Å²) < 4.78 is 5.51. The maximum Gasteiger partial charge on any atom is 0.260 e. The third-order valence-corrected chi connectivity index (χ3v) is 4.63. The number of hydrogen-bond donors (Lipinski definition) is 0. The van der Waals surface area contributed by atoms with E-state index in [9.17, 15) is 9.59 Å². The van der Waals surface area contributed by atoms with Crippen LogP contribution in [-0.4, -0.2) is 78.9 Å². The van der Waals surface area contributed by atoms with Crippen LogP contribution in [0.2, 0.25) is 0 Å². The van der Waals surface area contributed by atoms with Crippen LogP contribution < -0.4 is 4.74 Å². The SMILES string of the molecule is CCN(CC)CCC(=O)N1CCN(C(=O)COc2ccccc2)CC1. The van der Waals surface area contributed by atoms with Crippen molar-refractivity contribution < 1.29 is 14.3 Å². The zero-order chi connectivity index (χ0) is 18.1. The Kier molecular flexibility index (Phi) is 7.73. The standard InChI is InChI=1S/C19H29N3O3/c1-3-20(4-2)11-10-18(23)21-12-14-22(15-13-21)19(24)16-25-17-8-6-5-7-9-17/h5-9H,3-4,10-16H2,1-2H3. The van der Waals surface area contributed by atoms with E-state index in [1.54, 1.807) is 4.90 Å². The van der Waals surface area contributed by atoms with Gasteiger partial charge < -0.3 is 19.4 Å². The van der Waals surface area contributed by atoms with Gasteiger partial charge in [-0.05, 0) is 25.2 Å². The van der Waals surface area contributed by atoms with Crippen LogP contribution in [0.25, 0.3) is 0 Å². The van der Waals surface area contributed by atoms with Gasteiger partial charge in [0, 0.05) is 39.1 Å². The van der Waals surface area contributed by atoms with Crippen LogP contribution in [0.5, 0.6) is 5.75 Å². The molecule has 6 nitrogen and oxygen atoms in total. The molecule has 1 saturated heterocycles. The molecular formula is C19H29N3O3. The molecule has 0 aromatic heterocycles. The lowest BCUT2D eigenvalue weighted by molar-refractivity contribution is -0.140. The summed E-state index contributed by atoms with van der Waals surface area (Å²) in [6.45, 7) is 9.35. The molecule has 2 rings (SSSR count). The summed E-state index contributed by atoms with van der Waals surface area (Å²) in [5.74, 6) is 0.847. The molecule has 2 amide bonds. The summed E-state index contributed by atoms with van der Waals surface area (Å²) in [5, 5.41) is 0. The molecule has 25 heavy (non-hydrogen) atoms. The van der Waals surface area contributed by atoms with Gasteiger partial charge in [-0.2, -0.15) is 0 Å². The Balaban J connectivity index is 1.69. The molecular weight excluding hydrogens is 318 g/mol. The monoisotopic (exact) mass is 347 g/mol. The Morgan fingerprint density at radius 2 is 1.52 bits per heavy atom. The van der Waals surface area contributed by atoms with E-state index in [1.165, 1.54) is 0 Å². The van der Waals surface area contributed by atoms with Crippen molar-refractivity contribution in [3.63, 3.8) is 0 Å². The number of carbonyl (C=O) groups excluding carboxylic acids is 2. The van der Waals surface area contributed by atoms with Crippen molar-refractivity contribution in [3.05, 3.63) is 30.3 Å². The summed E-state index contributed by atoms with van der Waals surface area (Å²) in [6, 6.07) is 9.33. The zero-order valence-corrected chi connectivity index (χ0v) is 15.3. The first-order valence-corrected chi connectivity index (χ1v) is 9.09. The van der Waals surface area contributed by atoms with E-state index in [1.807, 2.05) is 35.2 Å². The highest BCUT2D eigenvalue weighted by atomic mass is 16.5. The van der Waals surface area contributed by atoms with Gasteiger partial charge in [0.1, 0.15) is 5.75 Å². The largest absolute Gasteiger partial charge is 0.484 e. The molecule has 0 spiro atoms. The molecule has 1 fully saturated rings. The second-order valence-corrected chi connectivity index (χ2v) is 6.14. The van der Waals surface area contributed by atoms with E-state index in [0.29, 0.717) is 38.3 Å². The molecule has 0 saturated carbocycles. The van der Waals surface area contributed by atoms with Crippen LogP contribution in [0, 0.1) is 0 Å². The first-order chi connectivity index (χ1) is 12.1. The van der Waals surface area contributed by atoms with Gasteiger partial charge in [0.15, 0.2) is 6.61 Å². The summed E-state index contributed by atoms with van der Waals surface area (Å²) in [6.07, 6.45) is 0.548. The second kappa shape index (κ2) is 10.0. The lowest BCUT2D eigenvalue weighted by Gasteiger charge is -2.35. The maximum atomic E-state index is 12.3. The van der Waals surface area contributed by atoms with E-state index in [2.05, 4.69) is 18.7 Å². The van der Waals surface area contributed by atoms with Gasteiger partial charge in [0.05, 0.1) is 0 Å².